The normalized spacial score (nSPS) is 9.70. The number of carbonyl (C=O) groups excluding carboxylic acids is 1. The van der Waals surface area contributed by atoms with Gasteiger partial charge in [-0.15, -0.1) is 0 Å². The lowest BCUT2D eigenvalue weighted by atomic mass is 10.1. The second-order valence-electron chi connectivity index (χ2n) is 4.72. The largest absolute Gasteiger partial charge is 0.494 e. The molecule has 0 fully saturated rings. The fraction of sp³-hybridized carbons (Fsp3) is 0.294. The molecule has 6 nitrogen and oxygen atoms in total. The van der Waals surface area contributed by atoms with Crippen molar-refractivity contribution < 1.29 is 24.2 Å². The first-order valence-electron chi connectivity index (χ1n) is 7.10. The summed E-state index contributed by atoms with van der Waals surface area (Å²) in [5.41, 5.74) is 1.55. The van der Waals surface area contributed by atoms with Crippen LogP contribution in [0.3, 0.4) is 0 Å². The van der Waals surface area contributed by atoms with Gasteiger partial charge < -0.3 is 19.1 Å². The van der Waals surface area contributed by atoms with Gasteiger partial charge in [0.05, 0.1) is 19.3 Å². The number of hydrogen-bond acceptors (Lipinski definition) is 4. The van der Waals surface area contributed by atoms with Crippen molar-refractivity contribution >= 4 is 22.8 Å². The first-order valence-corrected chi connectivity index (χ1v) is 7.10. The van der Waals surface area contributed by atoms with E-state index in [0.717, 1.165) is 29.1 Å². The summed E-state index contributed by atoms with van der Waals surface area (Å²) in [5.74, 6) is -0.529. The number of aryl methyl sites for hydroxylation is 1. The van der Waals surface area contributed by atoms with Gasteiger partial charge in [0.25, 0.3) is 0 Å². The Morgan fingerprint density at radius 3 is 2.57 bits per heavy atom. The van der Waals surface area contributed by atoms with E-state index in [4.69, 9.17) is 14.6 Å². The molecule has 6 heteroatoms. The summed E-state index contributed by atoms with van der Waals surface area (Å²) in [4.78, 5) is 20.9. The third-order valence-corrected chi connectivity index (χ3v) is 3.01. The summed E-state index contributed by atoms with van der Waals surface area (Å²) in [6.07, 6.45) is 3.57. The van der Waals surface area contributed by atoms with Crippen LogP contribution >= 0.6 is 0 Å². The van der Waals surface area contributed by atoms with Crippen molar-refractivity contribution in [3.05, 3.63) is 42.6 Å². The zero-order chi connectivity index (χ0) is 17.4. The molecule has 2 rings (SSSR count). The van der Waals surface area contributed by atoms with Crippen molar-refractivity contribution in [1.82, 2.24) is 4.57 Å². The molecule has 2 aromatic rings. The first kappa shape index (κ1) is 18.3. The number of carboxylic acid groups (broad SMARTS) is 1. The summed E-state index contributed by atoms with van der Waals surface area (Å²) in [5, 5.41) is 8.46. The molecular formula is C17H21NO5. The number of nitrogens with zero attached hydrogens (tertiary/aromatic N) is 1. The summed E-state index contributed by atoms with van der Waals surface area (Å²) in [6.45, 7) is 5.69. The van der Waals surface area contributed by atoms with E-state index in [-0.39, 0.29) is 5.97 Å². The summed E-state index contributed by atoms with van der Waals surface area (Å²) in [6, 6.07) is 5.75. The van der Waals surface area contributed by atoms with Gasteiger partial charge in [-0.2, -0.15) is 0 Å². The molecule has 23 heavy (non-hydrogen) atoms. The van der Waals surface area contributed by atoms with Crippen molar-refractivity contribution in [2.75, 3.05) is 13.7 Å². The standard InChI is InChI=1S/C14H17NO3.C3H4O2/c1-4-7-18-10-5-6-13-11(8-10)12(9-15(13)2)14(16)17-3;1-2-3(4)5/h5-6,8-9H,4,7H2,1-3H3;2H,1H2,(H,4,5). The molecule has 0 aliphatic heterocycles. The van der Waals surface area contributed by atoms with Crippen molar-refractivity contribution in [3.63, 3.8) is 0 Å². The molecule has 0 saturated heterocycles. The van der Waals surface area contributed by atoms with E-state index in [1.54, 1.807) is 6.20 Å². The van der Waals surface area contributed by atoms with Gasteiger partial charge in [0, 0.05) is 30.2 Å². The molecule has 0 amide bonds. The smallest absolute Gasteiger partial charge is 0.340 e. The van der Waals surface area contributed by atoms with Gasteiger partial charge in [0.1, 0.15) is 5.75 Å². The topological polar surface area (TPSA) is 77.8 Å². The van der Waals surface area contributed by atoms with Gasteiger partial charge in [0.15, 0.2) is 0 Å². The number of rotatable bonds is 5. The second-order valence-corrected chi connectivity index (χ2v) is 4.72. The minimum absolute atomic E-state index is 0.326. The highest BCUT2D eigenvalue weighted by Crippen LogP contribution is 2.26. The molecule has 0 aliphatic rings. The highest BCUT2D eigenvalue weighted by atomic mass is 16.5. The zero-order valence-corrected chi connectivity index (χ0v) is 13.5. The van der Waals surface area contributed by atoms with Crippen LogP contribution in [0.25, 0.3) is 10.9 Å². The van der Waals surface area contributed by atoms with Gasteiger partial charge in [-0.05, 0) is 24.6 Å². The van der Waals surface area contributed by atoms with Gasteiger partial charge in [0.2, 0.25) is 0 Å². The van der Waals surface area contributed by atoms with Crippen LogP contribution in [0.15, 0.2) is 37.1 Å². The van der Waals surface area contributed by atoms with Crippen LogP contribution in [0.4, 0.5) is 0 Å². The highest BCUT2D eigenvalue weighted by molar-refractivity contribution is 6.04. The van der Waals surface area contributed by atoms with E-state index in [2.05, 4.69) is 13.5 Å². The Bertz CT molecular complexity index is 702. The first-order chi connectivity index (χ1) is 10.9. The van der Waals surface area contributed by atoms with Crippen molar-refractivity contribution in [1.29, 1.82) is 0 Å². The molecule has 0 bridgehead atoms. The fourth-order valence-corrected chi connectivity index (χ4v) is 1.95. The lowest BCUT2D eigenvalue weighted by Crippen LogP contribution is -2.00. The molecule has 0 unspecified atom stereocenters. The molecule has 0 aliphatic carbocycles. The number of fused-ring (bicyclic) bond motifs is 1. The Balaban J connectivity index is 0.000000463. The van der Waals surface area contributed by atoms with Crippen LogP contribution < -0.4 is 4.74 Å². The van der Waals surface area contributed by atoms with Crippen LogP contribution in [0, 0.1) is 0 Å². The van der Waals surface area contributed by atoms with Gasteiger partial charge in [-0.1, -0.05) is 13.5 Å². The van der Waals surface area contributed by atoms with Crippen LogP contribution in [-0.4, -0.2) is 35.3 Å². The third kappa shape index (κ3) is 4.88. The molecule has 0 radical (unpaired) electrons. The number of benzene rings is 1. The fourth-order valence-electron chi connectivity index (χ4n) is 1.95. The van der Waals surface area contributed by atoms with Gasteiger partial charge in [-0.25, -0.2) is 9.59 Å². The SMILES string of the molecule is C=CC(=O)O.CCCOc1ccc2c(c1)c(C(=O)OC)cn2C. The maximum absolute atomic E-state index is 11.7. The van der Waals surface area contributed by atoms with E-state index < -0.39 is 5.97 Å². The van der Waals surface area contributed by atoms with E-state index in [1.807, 2.05) is 29.8 Å². The van der Waals surface area contributed by atoms with E-state index in [0.29, 0.717) is 12.2 Å². The highest BCUT2D eigenvalue weighted by Gasteiger charge is 2.14. The number of aromatic nitrogens is 1. The number of ether oxygens (including phenoxy) is 2. The van der Waals surface area contributed by atoms with Crippen molar-refractivity contribution in [2.45, 2.75) is 13.3 Å². The Kier molecular flexibility index (Phi) is 6.86. The Morgan fingerprint density at radius 2 is 2.04 bits per heavy atom. The molecule has 1 heterocycles. The molecule has 124 valence electrons. The molecule has 1 N–H and O–H groups in total. The maximum atomic E-state index is 11.7. The Hall–Kier alpha value is -2.76. The third-order valence-electron chi connectivity index (χ3n) is 3.01. The maximum Gasteiger partial charge on any atom is 0.340 e. The lowest BCUT2D eigenvalue weighted by Gasteiger charge is -2.05. The van der Waals surface area contributed by atoms with Gasteiger partial charge >= 0.3 is 11.9 Å². The Labute approximate surface area is 134 Å². The average molecular weight is 319 g/mol. The van der Waals surface area contributed by atoms with Crippen LogP contribution in [0.5, 0.6) is 5.75 Å². The Morgan fingerprint density at radius 1 is 1.39 bits per heavy atom. The van der Waals surface area contributed by atoms with Crippen molar-refractivity contribution in [2.24, 2.45) is 7.05 Å². The summed E-state index contributed by atoms with van der Waals surface area (Å²) in [7, 11) is 3.29. The molecule has 0 spiro atoms. The lowest BCUT2D eigenvalue weighted by molar-refractivity contribution is -0.131. The number of carbonyl (C=O) groups is 2. The molecule has 1 aromatic heterocycles. The van der Waals surface area contributed by atoms with E-state index in [1.165, 1.54) is 7.11 Å². The number of carboxylic acids is 1. The predicted molar refractivity (Wildman–Crippen MR) is 87.9 cm³/mol. The van der Waals surface area contributed by atoms with Crippen LogP contribution in [0.1, 0.15) is 23.7 Å². The monoisotopic (exact) mass is 319 g/mol. The minimum atomic E-state index is -0.981. The van der Waals surface area contributed by atoms with Crippen molar-refractivity contribution in [3.8, 4) is 5.75 Å². The molecule has 0 atom stereocenters. The van der Waals surface area contributed by atoms with Crippen LogP contribution in [0.2, 0.25) is 0 Å². The number of methoxy groups -OCH3 is 1. The summed E-state index contributed by atoms with van der Waals surface area (Å²) < 4.78 is 12.3. The number of aliphatic carboxylic acids is 1. The molecule has 1 aromatic carbocycles. The number of hydrogen-bond donors (Lipinski definition) is 1. The quantitative estimate of drug-likeness (QED) is 0.677. The molecule has 0 saturated carbocycles. The average Bonchev–Trinajstić information content (AvgIpc) is 2.89. The predicted octanol–water partition coefficient (Wildman–Crippen LogP) is 3.01. The summed E-state index contributed by atoms with van der Waals surface area (Å²) >= 11 is 0. The second kappa shape index (κ2) is 8.63. The van der Waals surface area contributed by atoms with E-state index in [9.17, 15) is 9.59 Å². The zero-order valence-electron chi connectivity index (χ0n) is 13.5. The van der Waals surface area contributed by atoms with E-state index >= 15 is 0 Å². The van der Waals surface area contributed by atoms with Crippen LogP contribution in [-0.2, 0) is 16.6 Å². The van der Waals surface area contributed by atoms with Gasteiger partial charge in [-0.3, -0.25) is 0 Å². The minimum Gasteiger partial charge on any atom is -0.494 e. The number of esters is 1. The molecular weight excluding hydrogens is 298 g/mol.